The van der Waals surface area contributed by atoms with Crippen molar-refractivity contribution >= 4 is 44.2 Å². The van der Waals surface area contributed by atoms with Gasteiger partial charge in [-0.2, -0.15) is 0 Å². The van der Waals surface area contributed by atoms with Crippen molar-refractivity contribution in [1.29, 1.82) is 0 Å². The number of hydrogen-bond donors (Lipinski definition) is 0. The van der Waals surface area contributed by atoms with Gasteiger partial charge >= 0.3 is 0 Å². The molecule has 4 rings (SSSR count). The molecule has 0 fully saturated rings. The molecule has 0 unspecified atom stereocenters. The van der Waals surface area contributed by atoms with Crippen molar-refractivity contribution in [2.75, 3.05) is 19.1 Å². The van der Waals surface area contributed by atoms with Gasteiger partial charge in [0.2, 0.25) is 0 Å². The molecule has 1 amide bonds. The number of ether oxygens (including phenoxy) is 2. The fourth-order valence-corrected chi connectivity index (χ4v) is 4.26. The van der Waals surface area contributed by atoms with Crippen LogP contribution in [0.2, 0.25) is 5.02 Å². The number of amides is 1. The summed E-state index contributed by atoms with van der Waals surface area (Å²) in [5.41, 5.74) is 2.08. The van der Waals surface area contributed by atoms with E-state index < -0.39 is 0 Å². The molecule has 0 spiro atoms. The second-order valence-electron chi connectivity index (χ2n) is 6.43. The Bertz CT molecular complexity index is 1200. The lowest BCUT2D eigenvalue weighted by Crippen LogP contribution is -2.30. The second kappa shape index (κ2) is 8.69. The lowest BCUT2D eigenvalue weighted by Gasteiger charge is -2.21. The fourth-order valence-electron chi connectivity index (χ4n) is 3.02. The van der Waals surface area contributed by atoms with E-state index in [9.17, 15) is 4.79 Å². The molecule has 0 saturated carbocycles. The van der Waals surface area contributed by atoms with Crippen LogP contribution < -0.4 is 14.4 Å². The highest BCUT2D eigenvalue weighted by molar-refractivity contribution is 7.22. The van der Waals surface area contributed by atoms with E-state index in [1.165, 1.54) is 18.4 Å². The second-order valence-corrected chi connectivity index (χ2v) is 7.87. The Balaban J connectivity index is 1.79. The van der Waals surface area contributed by atoms with Gasteiger partial charge in [-0.25, -0.2) is 4.98 Å². The molecular weight excluding hydrogens is 422 g/mol. The predicted octanol–water partition coefficient (Wildman–Crippen LogP) is 5.21. The molecule has 4 aromatic rings. The summed E-state index contributed by atoms with van der Waals surface area (Å²) in [5, 5.41) is 1.19. The van der Waals surface area contributed by atoms with Crippen molar-refractivity contribution in [2.45, 2.75) is 6.54 Å². The van der Waals surface area contributed by atoms with Gasteiger partial charge in [-0.05, 0) is 42.0 Å². The average molecular weight is 440 g/mol. The normalized spacial score (nSPS) is 10.8. The highest BCUT2D eigenvalue weighted by Gasteiger charge is 2.25. The number of fused-ring (bicyclic) bond motifs is 1. The first-order chi connectivity index (χ1) is 14.6. The van der Waals surface area contributed by atoms with Gasteiger partial charge in [-0.15, -0.1) is 0 Å². The van der Waals surface area contributed by atoms with Crippen LogP contribution in [0.5, 0.6) is 11.5 Å². The van der Waals surface area contributed by atoms with Crippen LogP contribution in [0.15, 0.2) is 60.9 Å². The lowest BCUT2D eigenvalue weighted by atomic mass is 10.1. The van der Waals surface area contributed by atoms with Gasteiger partial charge in [-0.1, -0.05) is 29.0 Å². The van der Waals surface area contributed by atoms with Gasteiger partial charge in [0.25, 0.3) is 5.91 Å². The van der Waals surface area contributed by atoms with E-state index >= 15 is 0 Å². The molecule has 0 atom stereocenters. The van der Waals surface area contributed by atoms with Crippen molar-refractivity contribution in [3.8, 4) is 11.5 Å². The maximum absolute atomic E-state index is 13.6. The molecule has 152 valence electrons. The van der Waals surface area contributed by atoms with Crippen LogP contribution in [0.4, 0.5) is 5.13 Å². The fraction of sp³-hybridized carbons (Fsp3) is 0.136. The molecule has 0 N–H and O–H groups in total. The zero-order valence-corrected chi connectivity index (χ0v) is 17.9. The number of benzene rings is 2. The first kappa shape index (κ1) is 20.1. The number of aromatic nitrogens is 2. The summed E-state index contributed by atoms with van der Waals surface area (Å²) in [6, 6.07) is 14.3. The number of hydrogen-bond acceptors (Lipinski definition) is 6. The van der Waals surface area contributed by atoms with Crippen molar-refractivity contribution in [1.82, 2.24) is 9.97 Å². The third-order valence-corrected chi connectivity index (χ3v) is 5.79. The third-order valence-electron chi connectivity index (χ3n) is 4.52. The first-order valence-corrected chi connectivity index (χ1v) is 10.3. The number of methoxy groups -OCH3 is 2. The Kier molecular flexibility index (Phi) is 5.83. The first-order valence-electron chi connectivity index (χ1n) is 9.08. The zero-order chi connectivity index (χ0) is 21.1. The van der Waals surface area contributed by atoms with Gasteiger partial charge in [0.15, 0.2) is 5.13 Å². The van der Waals surface area contributed by atoms with Crippen molar-refractivity contribution in [2.24, 2.45) is 0 Å². The third kappa shape index (κ3) is 4.08. The molecule has 8 heteroatoms. The summed E-state index contributed by atoms with van der Waals surface area (Å²) >= 11 is 7.53. The Hall–Kier alpha value is -3.16. The van der Waals surface area contributed by atoms with Gasteiger partial charge in [-0.3, -0.25) is 14.7 Å². The molecule has 0 saturated heterocycles. The van der Waals surface area contributed by atoms with Crippen LogP contribution in [0.25, 0.3) is 10.2 Å². The Morgan fingerprint density at radius 3 is 2.73 bits per heavy atom. The summed E-state index contributed by atoms with van der Waals surface area (Å²) in [6.07, 6.45) is 3.43. The number of pyridine rings is 1. The molecule has 30 heavy (non-hydrogen) atoms. The zero-order valence-electron chi connectivity index (χ0n) is 16.3. The highest BCUT2D eigenvalue weighted by Crippen LogP contribution is 2.34. The minimum atomic E-state index is -0.233. The summed E-state index contributed by atoms with van der Waals surface area (Å²) < 4.78 is 11.6. The molecule has 0 bridgehead atoms. The molecule has 2 aromatic heterocycles. The summed E-state index contributed by atoms with van der Waals surface area (Å²) in [5.74, 6) is 0.806. The van der Waals surface area contributed by atoms with Crippen LogP contribution in [-0.2, 0) is 6.54 Å². The quantitative estimate of drug-likeness (QED) is 0.412. The molecule has 2 aromatic carbocycles. The topological polar surface area (TPSA) is 64.5 Å². The summed E-state index contributed by atoms with van der Waals surface area (Å²) in [7, 11) is 3.09. The molecule has 6 nitrogen and oxygen atoms in total. The van der Waals surface area contributed by atoms with E-state index in [0.29, 0.717) is 33.8 Å². The van der Waals surface area contributed by atoms with Crippen LogP contribution in [-0.4, -0.2) is 30.1 Å². The maximum Gasteiger partial charge on any atom is 0.264 e. The van der Waals surface area contributed by atoms with Gasteiger partial charge in [0.05, 0.1) is 36.5 Å². The number of thiazole rings is 1. The Labute approximate surface area is 182 Å². The standard InChI is InChI=1S/C22H18ClN3O3S/c1-28-16-6-7-17(19(11-16)29-2)21(27)26(13-14-4-3-9-24-12-14)22-25-18-8-5-15(23)10-20(18)30-22/h3-12H,13H2,1-2H3. The SMILES string of the molecule is COc1ccc(C(=O)N(Cc2cccnc2)c2nc3ccc(Cl)cc3s2)c(OC)c1. The Morgan fingerprint density at radius 1 is 1.13 bits per heavy atom. The molecular formula is C22H18ClN3O3S. The number of rotatable bonds is 6. The number of nitrogens with zero attached hydrogens (tertiary/aromatic N) is 3. The van der Waals surface area contributed by atoms with E-state index in [-0.39, 0.29) is 5.91 Å². The van der Waals surface area contributed by atoms with E-state index in [1.54, 1.807) is 48.7 Å². The van der Waals surface area contributed by atoms with E-state index in [0.717, 1.165) is 15.8 Å². The number of carbonyl (C=O) groups excluding carboxylic acids is 1. The van der Waals surface area contributed by atoms with Crippen molar-refractivity contribution < 1.29 is 14.3 Å². The van der Waals surface area contributed by atoms with Crippen molar-refractivity contribution in [3.63, 3.8) is 0 Å². The smallest absolute Gasteiger partial charge is 0.264 e. The predicted molar refractivity (Wildman–Crippen MR) is 119 cm³/mol. The van der Waals surface area contributed by atoms with Crippen LogP contribution >= 0.6 is 22.9 Å². The van der Waals surface area contributed by atoms with E-state index in [4.69, 9.17) is 21.1 Å². The largest absolute Gasteiger partial charge is 0.497 e. The summed E-state index contributed by atoms with van der Waals surface area (Å²) in [6.45, 7) is 0.315. The monoisotopic (exact) mass is 439 g/mol. The number of halogens is 1. The molecule has 0 aliphatic heterocycles. The number of carbonyl (C=O) groups is 1. The van der Waals surface area contributed by atoms with Crippen LogP contribution in [0.1, 0.15) is 15.9 Å². The molecule has 0 aliphatic carbocycles. The summed E-state index contributed by atoms with van der Waals surface area (Å²) in [4.78, 5) is 24.0. The van der Waals surface area contributed by atoms with Gasteiger partial charge < -0.3 is 9.47 Å². The molecule has 0 radical (unpaired) electrons. The number of anilines is 1. The highest BCUT2D eigenvalue weighted by atomic mass is 35.5. The average Bonchev–Trinajstić information content (AvgIpc) is 3.20. The van der Waals surface area contributed by atoms with Crippen molar-refractivity contribution in [3.05, 3.63) is 77.1 Å². The lowest BCUT2D eigenvalue weighted by molar-refractivity contribution is 0.0982. The van der Waals surface area contributed by atoms with E-state index in [1.807, 2.05) is 24.3 Å². The minimum Gasteiger partial charge on any atom is -0.497 e. The Morgan fingerprint density at radius 2 is 2.00 bits per heavy atom. The van der Waals surface area contributed by atoms with Crippen LogP contribution in [0, 0.1) is 0 Å². The maximum atomic E-state index is 13.6. The van der Waals surface area contributed by atoms with Gasteiger partial charge in [0, 0.05) is 23.5 Å². The van der Waals surface area contributed by atoms with E-state index in [2.05, 4.69) is 9.97 Å². The molecule has 2 heterocycles. The van der Waals surface area contributed by atoms with Crippen LogP contribution in [0.3, 0.4) is 0 Å². The molecule has 0 aliphatic rings. The van der Waals surface area contributed by atoms with Gasteiger partial charge in [0.1, 0.15) is 11.5 Å². The minimum absolute atomic E-state index is 0.233.